The van der Waals surface area contributed by atoms with Crippen LogP contribution in [0.5, 0.6) is 0 Å². The molecule has 0 radical (unpaired) electrons. The van der Waals surface area contributed by atoms with E-state index in [2.05, 4.69) is 0 Å². The van der Waals surface area contributed by atoms with Gasteiger partial charge in [-0.05, 0) is 23.8 Å². The number of ketones is 1. The molecule has 0 unspecified atom stereocenters. The minimum atomic E-state index is 0.124. The van der Waals surface area contributed by atoms with Crippen LogP contribution in [0.25, 0.3) is 6.08 Å². The highest BCUT2D eigenvalue weighted by molar-refractivity contribution is 6.16. The van der Waals surface area contributed by atoms with Crippen LogP contribution in [0.3, 0.4) is 0 Å². The molecule has 1 aliphatic carbocycles. The number of allylic oxidation sites excluding steroid dienone is 3. The Hall–Kier alpha value is -1.63. The molecular weight excluding hydrogens is 148 g/mol. The number of benzene rings is 1. The van der Waals surface area contributed by atoms with E-state index in [0.717, 1.165) is 11.1 Å². The molecule has 1 heteroatoms. The lowest BCUT2D eigenvalue weighted by Crippen LogP contribution is -2.04. The summed E-state index contributed by atoms with van der Waals surface area (Å²) in [6.07, 6.45) is 5.30. The van der Waals surface area contributed by atoms with Crippen molar-refractivity contribution < 1.29 is 4.79 Å². The Morgan fingerprint density at radius 1 is 1.00 bits per heavy atom. The van der Waals surface area contributed by atoms with E-state index in [9.17, 15) is 4.79 Å². The van der Waals surface area contributed by atoms with Gasteiger partial charge in [-0.15, -0.1) is 0 Å². The third-order valence-corrected chi connectivity index (χ3v) is 1.82. The van der Waals surface area contributed by atoms with Gasteiger partial charge in [-0.1, -0.05) is 30.3 Å². The second kappa shape index (κ2) is 2.78. The molecular formula is C11H8O. The Bertz CT molecular complexity index is 358. The van der Waals surface area contributed by atoms with Crippen molar-refractivity contribution >= 4 is 11.9 Å². The number of carbonyl (C=O) groups excluding carboxylic acids is 1. The van der Waals surface area contributed by atoms with Gasteiger partial charge < -0.3 is 0 Å². The lowest BCUT2D eigenvalue weighted by atomic mass is 9.99. The largest absolute Gasteiger partial charge is 0.289 e. The second-order valence-corrected chi connectivity index (χ2v) is 2.71. The third kappa shape index (κ3) is 1.21. The molecule has 0 atom stereocenters. The van der Waals surface area contributed by atoms with Crippen LogP contribution in [-0.2, 0) is 4.79 Å². The minimum Gasteiger partial charge on any atom is -0.289 e. The van der Waals surface area contributed by atoms with E-state index in [1.165, 1.54) is 0 Å². The summed E-state index contributed by atoms with van der Waals surface area (Å²) in [5, 5.41) is 0. The molecule has 1 aromatic rings. The van der Waals surface area contributed by atoms with Crippen LogP contribution in [0, 0.1) is 0 Å². The molecule has 0 bridgehead atoms. The van der Waals surface area contributed by atoms with Crippen LogP contribution in [0.4, 0.5) is 0 Å². The monoisotopic (exact) mass is 156 g/mol. The molecule has 1 aliphatic rings. The molecule has 58 valence electrons. The first kappa shape index (κ1) is 7.04. The first-order valence-electron chi connectivity index (χ1n) is 3.85. The summed E-state index contributed by atoms with van der Waals surface area (Å²) in [5.41, 5.74) is 1.87. The van der Waals surface area contributed by atoms with E-state index >= 15 is 0 Å². The smallest absolute Gasteiger partial charge is 0.185 e. The number of carbonyl (C=O) groups is 1. The van der Waals surface area contributed by atoms with Gasteiger partial charge >= 0.3 is 0 Å². The maximum atomic E-state index is 10.9. The van der Waals surface area contributed by atoms with Crippen molar-refractivity contribution in [1.29, 1.82) is 0 Å². The molecule has 2 rings (SSSR count). The van der Waals surface area contributed by atoms with Crippen molar-refractivity contribution in [2.45, 2.75) is 0 Å². The predicted molar refractivity (Wildman–Crippen MR) is 48.6 cm³/mol. The van der Waals surface area contributed by atoms with Crippen LogP contribution in [0.2, 0.25) is 0 Å². The maximum absolute atomic E-state index is 10.9. The topological polar surface area (TPSA) is 17.1 Å². The highest BCUT2D eigenvalue weighted by Crippen LogP contribution is 2.15. The Morgan fingerprint density at radius 3 is 2.25 bits per heavy atom. The molecule has 1 nitrogen and oxygen atoms in total. The zero-order chi connectivity index (χ0) is 8.39. The molecule has 0 amide bonds. The fraction of sp³-hybridized carbons (Fsp3) is 0. The SMILES string of the molecule is O=C1C=C/C1=C/c1ccccc1. The lowest BCUT2D eigenvalue weighted by molar-refractivity contribution is -0.111. The van der Waals surface area contributed by atoms with Crippen molar-refractivity contribution in [3.8, 4) is 0 Å². The van der Waals surface area contributed by atoms with E-state index in [0.29, 0.717) is 0 Å². The quantitative estimate of drug-likeness (QED) is 0.570. The van der Waals surface area contributed by atoms with Gasteiger partial charge in [0.15, 0.2) is 5.78 Å². The molecule has 0 aromatic heterocycles. The van der Waals surface area contributed by atoms with E-state index in [1.54, 1.807) is 6.08 Å². The van der Waals surface area contributed by atoms with Crippen molar-refractivity contribution in [2.24, 2.45) is 0 Å². The van der Waals surface area contributed by atoms with Crippen LogP contribution >= 0.6 is 0 Å². The van der Waals surface area contributed by atoms with Gasteiger partial charge in [0, 0.05) is 5.57 Å². The fourth-order valence-electron chi connectivity index (χ4n) is 1.10. The Kier molecular flexibility index (Phi) is 1.63. The van der Waals surface area contributed by atoms with Crippen LogP contribution in [-0.4, -0.2) is 5.78 Å². The third-order valence-electron chi connectivity index (χ3n) is 1.82. The maximum Gasteiger partial charge on any atom is 0.185 e. The molecule has 0 spiro atoms. The second-order valence-electron chi connectivity index (χ2n) is 2.71. The summed E-state index contributed by atoms with van der Waals surface area (Å²) in [6, 6.07) is 9.83. The number of hydrogen-bond donors (Lipinski definition) is 0. The van der Waals surface area contributed by atoms with E-state index in [1.807, 2.05) is 42.5 Å². The fourth-order valence-corrected chi connectivity index (χ4v) is 1.10. The molecule has 0 fully saturated rings. The first-order chi connectivity index (χ1) is 5.86. The summed E-state index contributed by atoms with van der Waals surface area (Å²) < 4.78 is 0. The highest BCUT2D eigenvalue weighted by Gasteiger charge is 2.10. The van der Waals surface area contributed by atoms with E-state index < -0.39 is 0 Å². The first-order valence-corrected chi connectivity index (χ1v) is 3.85. The Morgan fingerprint density at radius 2 is 1.75 bits per heavy atom. The van der Waals surface area contributed by atoms with Crippen molar-refractivity contribution in [3.63, 3.8) is 0 Å². The van der Waals surface area contributed by atoms with Crippen LogP contribution in [0.1, 0.15) is 5.56 Å². The molecule has 0 heterocycles. The number of rotatable bonds is 1. The van der Waals surface area contributed by atoms with Gasteiger partial charge in [-0.2, -0.15) is 0 Å². The highest BCUT2D eigenvalue weighted by atomic mass is 16.1. The predicted octanol–water partition coefficient (Wildman–Crippen LogP) is 2.21. The zero-order valence-electron chi connectivity index (χ0n) is 6.53. The summed E-state index contributed by atoms with van der Waals surface area (Å²) in [7, 11) is 0. The summed E-state index contributed by atoms with van der Waals surface area (Å²) in [4.78, 5) is 10.9. The average Bonchev–Trinajstić information content (AvgIpc) is 2.14. The molecule has 0 N–H and O–H groups in total. The van der Waals surface area contributed by atoms with Crippen molar-refractivity contribution in [3.05, 3.63) is 53.6 Å². The van der Waals surface area contributed by atoms with Gasteiger partial charge in [0.2, 0.25) is 0 Å². The standard InChI is InChI=1S/C11H8O/c12-11-7-6-10(11)8-9-4-2-1-3-5-9/h1-8H/b10-8-. The molecule has 0 saturated heterocycles. The molecule has 0 aliphatic heterocycles. The molecule has 0 saturated carbocycles. The Labute approximate surface area is 71.0 Å². The average molecular weight is 156 g/mol. The van der Waals surface area contributed by atoms with E-state index in [-0.39, 0.29) is 5.78 Å². The van der Waals surface area contributed by atoms with Crippen LogP contribution < -0.4 is 0 Å². The summed E-state index contributed by atoms with van der Waals surface area (Å²) in [5.74, 6) is 0.124. The van der Waals surface area contributed by atoms with Crippen molar-refractivity contribution in [1.82, 2.24) is 0 Å². The van der Waals surface area contributed by atoms with Gasteiger partial charge in [0.25, 0.3) is 0 Å². The normalized spacial score (nSPS) is 18.0. The lowest BCUT2D eigenvalue weighted by Gasteiger charge is -2.04. The van der Waals surface area contributed by atoms with Crippen molar-refractivity contribution in [2.75, 3.05) is 0 Å². The van der Waals surface area contributed by atoms with Gasteiger partial charge in [0.1, 0.15) is 0 Å². The summed E-state index contributed by atoms with van der Waals surface area (Å²) >= 11 is 0. The number of hydrogen-bond acceptors (Lipinski definition) is 1. The Balaban J connectivity index is 2.30. The minimum absolute atomic E-state index is 0.124. The van der Waals surface area contributed by atoms with Crippen LogP contribution in [0.15, 0.2) is 48.1 Å². The van der Waals surface area contributed by atoms with Gasteiger partial charge in [0.05, 0.1) is 0 Å². The summed E-state index contributed by atoms with van der Waals surface area (Å²) in [6.45, 7) is 0. The zero-order valence-corrected chi connectivity index (χ0v) is 6.53. The van der Waals surface area contributed by atoms with E-state index in [4.69, 9.17) is 0 Å². The van der Waals surface area contributed by atoms with Gasteiger partial charge in [-0.3, -0.25) is 4.79 Å². The van der Waals surface area contributed by atoms with Gasteiger partial charge in [-0.25, -0.2) is 0 Å². The molecule has 12 heavy (non-hydrogen) atoms. The molecule has 1 aromatic carbocycles.